The first-order chi connectivity index (χ1) is 19.2. The number of benzene rings is 2. The Balaban J connectivity index is 1.08. The van der Waals surface area contributed by atoms with Crippen molar-refractivity contribution >= 4 is 32.8 Å². The molecule has 0 N–H and O–H groups in total. The van der Waals surface area contributed by atoms with E-state index in [1.807, 2.05) is 35.7 Å². The van der Waals surface area contributed by atoms with Gasteiger partial charge in [0.2, 0.25) is 0 Å². The number of fused-ring (bicyclic) bond motifs is 1. The van der Waals surface area contributed by atoms with Gasteiger partial charge in [-0.2, -0.15) is 0 Å². The summed E-state index contributed by atoms with van der Waals surface area (Å²) in [4.78, 5) is 23.5. The fraction of sp³-hybridized carbons (Fsp3) is 0.353. The molecular weight excluding hydrogens is 498 g/mol. The summed E-state index contributed by atoms with van der Waals surface area (Å²) in [7, 11) is 0. The van der Waals surface area contributed by atoms with Crippen molar-refractivity contribution in [1.82, 2.24) is 14.8 Å². The number of nitrogens with zero attached hydrogens (tertiary/aromatic N) is 3. The Kier molecular flexibility index (Phi) is 8.29. The number of ketones is 1. The number of hydrogen-bond acceptors (Lipinski definition) is 5. The van der Waals surface area contributed by atoms with Gasteiger partial charge in [0.05, 0.1) is 11.6 Å². The summed E-state index contributed by atoms with van der Waals surface area (Å²) >= 11 is 1.84. The molecule has 5 heteroatoms. The van der Waals surface area contributed by atoms with Crippen molar-refractivity contribution in [1.29, 1.82) is 0 Å². The Bertz CT molecular complexity index is 1410. The molecule has 200 valence electrons. The van der Waals surface area contributed by atoms with Crippen LogP contribution in [0.5, 0.6) is 0 Å². The molecule has 2 aliphatic rings. The van der Waals surface area contributed by atoms with Crippen LogP contribution < -0.4 is 0 Å². The smallest absolute Gasteiger partial charge is 0.145 e. The van der Waals surface area contributed by atoms with Crippen LogP contribution in [-0.2, 0) is 11.3 Å². The minimum atomic E-state index is -0.123. The molecule has 2 aliphatic heterocycles. The molecule has 4 aromatic rings. The Morgan fingerprint density at radius 2 is 1.77 bits per heavy atom. The van der Waals surface area contributed by atoms with Crippen LogP contribution in [0.25, 0.3) is 15.7 Å². The Morgan fingerprint density at radius 3 is 2.54 bits per heavy atom. The van der Waals surface area contributed by atoms with Crippen molar-refractivity contribution in [2.75, 3.05) is 32.7 Å². The van der Waals surface area contributed by atoms with Gasteiger partial charge in [0.15, 0.2) is 0 Å². The van der Waals surface area contributed by atoms with Gasteiger partial charge in [-0.25, -0.2) is 0 Å². The molecule has 0 aliphatic carbocycles. The van der Waals surface area contributed by atoms with Gasteiger partial charge < -0.3 is 0 Å². The number of piperidine rings is 1. The van der Waals surface area contributed by atoms with Gasteiger partial charge in [-0.05, 0) is 91.0 Å². The lowest BCUT2D eigenvalue weighted by Gasteiger charge is -2.33. The summed E-state index contributed by atoms with van der Waals surface area (Å²) in [5.41, 5.74) is 5.13. The van der Waals surface area contributed by atoms with Gasteiger partial charge in [-0.3, -0.25) is 19.6 Å². The molecule has 2 aromatic heterocycles. The largest absolute Gasteiger partial charge is 0.299 e. The lowest BCUT2D eigenvalue weighted by Crippen LogP contribution is -2.38. The maximum atomic E-state index is 13.9. The van der Waals surface area contributed by atoms with Crippen molar-refractivity contribution in [3.05, 3.63) is 107 Å². The van der Waals surface area contributed by atoms with Crippen LogP contribution in [0.1, 0.15) is 48.4 Å². The van der Waals surface area contributed by atoms with Crippen molar-refractivity contribution in [3.8, 4) is 0 Å². The molecule has 4 heterocycles. The highest BCUT2D eigenvalue weighted by Crippen LogP contribution is 2.33. The summed E-state index contributed by atoms with van der Waals surface area (Å²) in [6.07, 6.45) is 8.01. The summed E-state index contributed by atoms with van der Waals surface area (Å²) in [6.45, 7) is 5.84. The van der Waals surface area contributed by atoms with Gasteiger partial charge in [-0.1, -0.05) is 60.7 Å². The zero-order valence-electron chi connectivity index (χ0n) is 22.5. The van der Waals surface area contributed by atoms with E-state index in [-0.39, 0.29) is 11.8 Å². The van der Waals surface area contributed by atoms with Gasteiger partial charge in [0.25, 0.3) is 0 Å². The summed E-state index contributed by atoms with van der Waals surface area (Å²) in [5.74, 6) is 0.399. The third-order valence-corrected chi connectivity index (χ3v) is 9.44. The highest BCUT2D eigenvalue weighted by Gasteiger charge is 2.32. The van der Waals surface area contributed by atoms with E-state index in [2.05, 4.69) is 80.8 Å². The van der Waals surface area contributed by atoms with Crippen molar-refractivity contribution in [3.63, 3.8) is 0 Å². The summed E-state index contributed by atoms with van der Waals surface area (Å²) < 4.78 is 1.40. The molecule has 39 heavy (non-hydrogen) atoms. The molecule has 1 atom stereocenters. The summed E-state index contributed by atoms with van der Waals surface area (Å²) in [5, 5.41) is 3.52. The van der Waals surface area contributed by atoms with E-state index >= 15 is 0 Å². The van der Waals surface area contributed by atoms with E-state index in [4.69, 9.17) is 0 Å². The maximum Gasteiger partial charge on any atom is 0.145 e. The van der Waals surface area contributed by atoms with Crippen LogP contribution in [-0.4, -0.2) is 53.3 Å². The third-order valence-electron chi connectivity index (χ3n) is 8.48. The average molecular weight is 536 g/mol. The van der Waals surface area contributed by atoms with Crippen molar-refractivity contribution < 1.29 is 4.79 Å². The van der Waals surface area contributed by atoms with Crippen LogP contribution in [0.3, 0.4) is 0 Å². The topological polar surface area (TPSA) is 36.4 Å². The minimum Gasteiger partial charge on any atom is -0.299 e. The van der Waals surface area contributed by atoms with E-state index in [0.717, 1.165) is 70.6 Å². The normalized spacial score (nSPS) is 18.2. The molecular formula is C34H37N3OS. The molecule has 0 radical (unpaired) electrons. The van der Waals surface area contributed by atoms with E-state index in [0.29, 0.717) is 5.78 Å². The number of carbonyl (C=O) groups excluding carboxylic acids is 1. The monoisotopic (exact) mass is 535 g/mol. The average Bonchev–Trinajstić information content (AvgIpc) is 3.48. The van der Waals surface area contributed by atoms with Crippen LogP contribution in [0, 0.1) is 5.92 Å². The zero-order valence-corrected chi connectivity index (χ0v) is 23.4. The first kappa shape index (κ1) is 26.1. The highest BCUT2D eigenvalue weighted by molar-refractivity contribution is 7.17. The highest BCUT2D eigenvalue weighted by atomic mass is 32.1. The standard InChI is InChI=1S/C34H37N3OS/c38-33(28-14-21-37(22-15-28)25-26-7-2-1-3-8-26)31(32-11-4-5-18-35-32)16-23-36-19-12-27(13-20-36)30-10-6-9-29-17-24-39-34(29)30/h1-12,17-18,24,28,31H,13-16,19-23,25H2. The van der Waals surface area contributed by atoms with Crippen molar-refractivity contribution in [2.45, 2.75) is 38.1 Å². The van der Waals surface area contributed by atoms with Gasteiger partial charge >= 0.3 is 0 Å². The SMILES string of the molecule is O=C(C1CCN(Cc2ccccc2)CC1)C(CCN1CC=C(c2cccc3ccsc23)CC1)c1ccccn1. The number of carbonyl (C=O) groups is 1. The number of likely N-dealkylation sites (tertiary alicyclic amines) is 1. The molecule has 2 aromatic carbocycles. The third kappa shape index (κ3) is 6.22. The lowest BCUT2D eigenvalue weighted by atomic mass is 9.82. The molecule has 4 nitrogen and oxygen atoms in total. The van der Waals surface area contributed by atoms with Crippen LogP contribution >= 0.6 is 11.3 Å². The Labute approximate surface area is 236 Å². The van der Waals surface area contributed by atoms with Crippen molar-refractivity contribution in [2.24, 2.45) is 5.92 Å². The zero-order chi connectivity index (χ0) is 26.4. The quantitative estimate of drug-likeness (QED) is 0.230. The molecule has 6 rings (SSSR count). The van der Waals surface area contributed by atoms with Crippen LogP contribution in [0.2, 0.25) is 0 Å². The van der Waals surface area contributed by atoms with Crippen LogP contribution in [0.15, 0.2) is 90.4 Å². The Hall–Kier alpha value is -3.12. The van der Waals surface area contributed by atoms with E-state index in [1.54, 1.807) is 0 Å². The van der Waals surface area contributed by atoms with Gasteiger partial charge in [0, 0.05) is 36.4 Å². The first-order valence-electron chi connectivity index (χ1n) is 14.3. The number of aromatic nitrogens is 1. The number of thiophene rings is 1. The lowest BCUT2D eigenvalue weighted by molar-refractivity contribution is -0.126. The van der Waals surface area contributed by atoms with Gasteiger partial charge in [0.1, 0.15) is 5.78 Å². The van der Waals surface area contributed by atoms with E-state index in [9.17, 15) is 4.79 Å². The first-order valence-corrected chi connectivity index (χ1v) is 15.2. The number of hydrogen-bond donors (Lipinski definition) is 0. The van der Waals surface area contributed by atoms with Crippen LogP contribution in [0.4, 0.5) is 0 Å². The second-order valence-electron chi connectivity index (χ2n) is 11.0. The fourth-order valence-electron chi connectivity index (χ4n) is 6.24. The number of pyridine rings is 1. The molecule has 0 saturated carbocycles. The predicted molar refractivity (Wildman–Crippen MR) is 162 cm³/mol. The molecule has 0 amide bonds. The van der Waals surface area contributed by atoms with E-state index in [1.165, 1.54) is 26.8 Å². The predicted octanol–water partition coefficient (Wildman–Crippen LogP) is 7.04. The van der Waals surface area contributed by atoms with Gasteiger partial charge in [-0.15, -0.1) is 11.3 Å². The maximum absolute atomic E-state index is 13.9. The molecule has 1 saturated heterocycles. The number of rotatable bonds is 9. The Morgan fingerprint density at radius 1 is 0.923 bits per heavy atom. The molecule has 1 fully saturated rings. The van der Waals surface area contributed by atoms with E-state index < -0.39 is 0 Å². The second kappa shape index (κ2) is 12.4. The molecule has 1 unspecified atom stereocenters. The molecule has 0 spiro atoms. The second-order valence-corrected chi connectivity index (χ2v) is 11.9. The number of Topliss-reactive ketones (excluding diaryl/α,β-unsaturated/α-hetero) is 1. The molecule has 0 bridgehead atoms. The minimum absolute atomic E-state index is 0.123. The fourth-order valence-corrected chi connectivity index (χ4v) is 7.19. The summed E-state index contributed by atoms with van der Waals surface area (Å²) in [6, 6.07) is 25.5.